The van der Waals surface area contributed by atoms with Crippen molar-refractivity contribution >= 4 is 91.2 Å². The molecule has 2 aliphatic heterocycles. The number of ether oxygens (including phenoxy) is 3. The number of hydrogen-bond donors (Lipinski definition) is 6. The lowest BCUT2D eigenvalue weighted by molar-refractivity contribution is -0.128. The molecule has 2 aromatic heterocycles. The van der Waals surface area contributed by atoms with Crippen LogP contribution in [-0.4, -0.2) is 140 Å². The van der Waals surface area contributed by atoms with Crippen molar-refractivity contribution in [3.8, 4) is 11.5 Å². The van der Waals surface area contributed by atoms with Crippen LogP contribution in [0.4, 0.5) is 25.8 Å². The minimum atomic E-state index is -0.927. The normalized spacial score (nSPS) is 15.3. The number of urea groups is 1. The number of primary amides is 1. The molecule has 8 N–H and O–H groups in total. The van der Waals surface area contributed by atoms with E-state index in [9.17, 15) is 28.8 Å². The molecule has 19 nitrogen and oxygen atoms in total. The van der Waals surface area contributed by atoms with Gasteiger partial charge in [-0.05, 0) is 110 Å². The van der Waals surface area contributed by atoms with E-state index in [0.29, 0.717) is 48.0 Å². The Bertz CT molecular complexity index is 2760. The fourth-order valence-corrected chi connectivity index (χ4v) is 10.0. The summed E-state index contributed by atoms with van der Waals surface area (Å²) in [6, 6.07) is 13.6. The molecule has 0 aliphatic carbocycles. The Balaban J connectivity index is 0.928. The third kappa shape index (κ3) is 13.1. The van der Waals surface area contributed by atoms with Crippen LogP contribution in [0.25, 0.3) is 21.0 Å². The zero-order chi connectivity index (χ0) is 51.6. The highest BCUT2D eigenvalue weighted by Gasteiger charge is 2.37. The van der Waals surface area contributed by atoms with E-state index in [1.807, 2.05) is 36.6 Å². The average molecular weight is 1030 g/mol. The number of thiophene rings is 1. The summed E-state index contributed by atoms with van der Waals surface area (Å²) in [5, 5.41) is 11.7. The number of aromatic nitrogens is 1. The second kappa shape index (κ2) is 24.2. The van der Waals surface area contributed by atoms with Crippen LogP contribution in [0, 0.1) is 12.8 Å². The minimum Gasteiger partial charge on any atom is -0.492 e. The molecule has 1 saturated heterocycles. The fraction of sp³-hybridized carbons (Fsp3) is 0.451. The van der Waals surface area contributed by atoms with Crippen LogP contribution in [0.15, 0.2) is 60.0 Å². The number of nitrogens with one attached hydrogen (secondary N) is 4. The van der Waals surface area contributed by atoms with Crippen LogP contribution < -0.4 is 41.8 Å². The van der Waals surface area contributed by atoms with Gasteiger partial charge in [-0.3, -0.25) is 19.3 Å². The van der Waals surface area contributed by atoms with E-state index in [2.05, 4.69) is 25.8 Å². The van der Waals surface area contributed by atoms with Crippen molar-refractivity contribution in [3.63, 3.8) is 0 Å². The first-order valence-corrected chi connectivity index (χ1v) is 25.6. The number of alkyl halides is 1. The van der Waals surface area contributed by atoms with Crippen molar-refractivity contribution in [1.82, 2.24) is 30.3 Å². The van der Waals surface area contributed by atoms with Gasteiger partial charge in [0.05, 0.1) is 16.4 Å². The Labute approximate surface area is 427 Å². The molecule has 0 radical (unpaired) electrons. The number of nitrogens with zero attached hydrogens (tertiary/aromatic N) is 4. The largest absolute Gasteiger partial charge is 0.492 e. The summed E-state index contributed by atoms with van der Waals surface area (Å²) < 4.78 is 18.4. The Kier molecular flexibility index (Phi) is 17.9. The van der Waals surface area contributed by atoms with Gasteiger partial charge in [0.2, 0.25) is 11.8 Å². The first-order valence-electron chi connectivity index (χ1n) is 24.2. The van der Waals surface area contributed by atoms with E-state index in [-0.39, 0.29) is 56.3 Å². The smallest absolute Gasteiger partial charge is 0.415 e. The summed E-state index contributed by atoms with van der Waals surface area (Å²) in [6.07, 6.45) is 1.77. The van der Waals surface area contributed by atoms with Crippen LogP contribution in [0.2, 0.25) is 0 Å². The molecular weight excluding hydrogens is 964 g/mol. The summed E-state index contributed by atoms with van der Waals surface area (Å²) >= 11 is 8.04. The number of likely N-dealkylation sites (N-methyl/N-ethyl adjacent to an activating group) is 2. The molecule has 1 fully saturated rings. The van der Waals surface area contributed by atoms with Crippen molar-refractivity contribution in [2.45, 2.75) is 71.1 Å². The Hall–Kier alpha value is -6.61. The summed E-state index contributed by atoms with van der Waals surface area (Å²) in [5.74, 6) is -0.139. The molecule has 5 aromatic rings. The lowest BCUT2D eigenvalue weighted by Crippen LogP contribution is -2.51. The maximum absolute atomic E-state index is 14.4. The van der Waals surface area contributed by atoms with Crippen LogP contribution in [0.3, 0.4) is 0 Å². The summed E-state index contributed by atoms with van der Waals surface area (Å²) in [6.45, 7) is 10.0. The number of fused-ring (bicyclic) bond motifs is 4. The first kappa shape index (κ1) is 53.2. The Morgan fingerprint density at radius 3 is 2.38 bits per heavy atom. The van der Waals surface area contributed by atoms with E-state index >= 15 is 0 Å². The number of carbonyl (C=O) groups excluding carboxylic acids is 6. The summed E-state index contributed by atoms with van der Waals surface area (Å²) in [7, 11) is 3.13. The molecule has 7 amide bonds. The number of halogens is 1. The first-order chi connectivity index (χ1) is 34.5. The second-order valence-corrected chi connectivity index (χ2v) is 19.9. The van der Waals surface area contributed by atoms with Gasteiger partial charge in [-0.1, -0.05) is 26.0 Å². The van der Waals surface area contributed by atoms with Gasteiger partial charge in [0, 0.05) is 86.7 Å². The maximum atomic E-state index is 14.4. The molecule has 0 saturated carbocycles. The van der Waals surface area contributed by atoms with Gasteiger partial charge in [0.25, 0.3) is 5.91 Å². The van der Waals surface area contributed by atoms with Gasteiger partial charge < -0.3 is 61.3 Å². The summed E-state index contributed by atoms with van der Waals surface area (Å²) in [4.78, 5) is 88.2. The molecule has 3 aromatic carbocycles. The van der Waals surface area contributed by atoms with Crippen molar-refractivity contribution in [2.24, 2.45) is 17.4 Å². The van der Waals surface area contributed by atoms with Crippen molar-refractivity contribution < 1.29 is 43.0 Å². The summed E-state index contributed by atoms with van der Waals surface area (Å²) in [5.41, 5.74) is 16.0. The van der Waals surface area contributed by atoms with Crippen LogP contribution in [0.5, 0.6) is 11.5 Å². The minimum absolute atomic E-state index is 0.0677. The van der Waals surface area contributed by atoms with Crippen LogP contribution >= 0.6 is 22.9 Å². The molecule has 4 heterocycles. The van der Waals surface area contributed by atoms with Crippen molar-refractivity contribution in [2.75, 3.05) is 82.6 Å². The number of nitrogens with two attached hydrogens (primary N) is 2. The van der Waals surface area contributed by atoms with E-state index in [1.54, 1.807) is 63.2 Å². The zero-order valence-electron chi connectivity index (χ0n) is 41.4. The molecule has 21 heteroatoms. The third-order valence-electron chi connectivity index (χ3n) is 13.0. The lowest BCUT2D eigenvalue weighted by atomic mass is 9.97. The molecule has 0 bridgehead atoms. The van der Waals surface area contributed by atoms with E-state index in [4.69, 9.17) is 37.3 Å². The molecule has 2 aliphatic rings. The van der Waals surface area contributed by atoms with Crippen molar-refractivity contribution in [3.05, 3.63) is 82.4 Å². The Morgan fingerprint density at radius 1 is 0.958 bits per heavy atom. The molecule has 3 atom stereocenters. The van der Waals surface area contributed by atoms with E-state index in [1.165, 1.54) is 34.0 Å². The van der Waals surface area contributed by atoms with Gasteiger partial charge in [0.15, 0.2) is 5.75 Å². The molecule has 386 valence electrons. The van der Waals surface area contributed by atoms with Gasteiger partial charge in [-0.2, -0.15) is 0 Å². The molecule has 0 unspecified atom stereocenters. The number of carbonyl (C=O) groups is 6. The second-order valence-electron chi connectivity index (χ2n) is 18.7. The number of anilines is 2. The number of rotatable bonds is 21. The van der Waals surface area contributed by atoms with Crippen LogP contribution in [-0.2, 0) is 20.9 Å². The number of hydrogen-bond acceptors (Lipinski definition) is 12. The van der Waals surface area contributed by atoms with Gasteiger partial charge >= 0.3 is 18.2 Å². The highest BCUT2D eigenvalue weighted by atomic mass is 35.5. The maximum Gasteiger partial charge on any atom is 0.415 e. The van der Waals surface area contributed by atoms with Gasteiger partial charge in [-0.25, -0.2) is 14.4 Å². The average Bonchev–Trinajstić information content (AvgIpc) is 4.19. The van der Waals surface area contributed by atoms with E-state index < -0.39 is 42.1 Å². The highest BCUT2D eigenvalue weighted by molar-refractivity contribution is 7.17. The van der Waals surface area contributed by atoms with E-state index in [0.717, 1.165) is 57.5 Å². The lowest BCUT2D eigenvalue weighted by Gasteiger charge is -2.23. The number of likely N-dealkylation sites (tertiary alicyclic amines) is 1. The van der Waals surface area contributed by atoms with Crippen molar-refractivity contribution in [1.29, 1.82) is 0 Å². The van der Waals surface area contributed by atoms with Crippen LogP contribution in [0.1, 0.15) is 72.6 Å². The monoisotopic (exact) mass is 1030 g/mol. The third-order valence-corrected chi connectivity index (χ3v) is 14.5. The molecule has 7 rings (SSSR count). The number of aryl methyl sites for hydroxylation is 1. The van der Waals surface area contributed by atoms with Gasteiger partial charge in [-0.15, -0.1) is 22.9 Å². The highest BCUT2D eigenvalue weighted by Crippen LogP contribution is 2.49. The number of H-pyrrole nitrogens is 1. The Morgan fingerprint density at radius 2 is 1.68 bits per heavy atom. The molecule has 72 heavy (non-hydrogen) atoms. The SMILES string of the molecule is Cc1csc2c(OC(=O)N(C)CCN(C)C(=O)OCc3ccc(NC(=O)[C@H](CCCNC(N)=O)NC(=O)[C@@H](N)C(C)C)cc3)cc3c(c12)[C@H](CCl)CN3C(=O)c1cc2cc(OCCN3CCCC3)ccc2[nH]1. The number of amides is 7. The van der Waals surface area contributed by atoms with Gasteiger partial charge in [0.1, 0.15) is 30.7 Å². The molecule has 0 spiro atoms. The topological polar surface area (TPSA) is 247 Å². The number of benzene rings is 3. The predicted molar refractivity (Wildman–Crippen MR) is 279 cm³/mol. The number of aromatic amines is 1. The quantitative estimate of drug-likeness (QED) is 0.0333. The molecular formula is C51H65ClN10O9S. The standard InChI is InChI=1S/C51H65ClN10O9S/c1-30(2)44(53)47(64)58-38(9-8-16-55-49(54)66)46(63)56-35-12-10-32(11-13-35)28-70-50(67)59(4)19-20-60(5)51(68)71-41-25-40-43(42-31(3)29-72-45(41)42)34(26-52)27-62(40)48(65)39-24-33-23-36(14-15-37(33)57-39)69-22-21-61-17-6-7-18-61/h10-15,23-25,29-30,34,38,44,57H,6-9,16-22,26-28,53H2,1-5H3,(H,56,63)(H,58,64)(H3,54,55,66)/t34-,38+,44+/m1/s1. The fourth-order valence-electron chi connectivity index (χ4n) is 8.74. The zero-order valence-corrected chi connectivity index (χ0v) is 43.0. The predicted octanol–water partition coefficient (Wildman–Crippen LogP) is 6.70.